The molecule has 2 heterocycles. The van der Waals surface area contributed by atoms with E-state index in [9.17, 15) is 19.2 Å². The van der Waals surface area contributed by atoms with Gasteiger partial charge >= 0.3 is 0 Å². The number of hydrogen-bond donors (Lipinski definition) is 2. The lowest BCUT2D eigenvalue weighted by atomic mass is 9.89. The molecule has 1 aromatic carbocycles. The van der Waals surface area contributed by atoms with Gasteiger partial charge in [0.15, 0.2) is 5.78 Å². The van der Waals surface area contributed by atoms with Crippen LogP contribution in [0.25, 0.3) is 10.4 Å². The number of carbonyl (C=O) groups excluding carboxylic acids is 4. The molecule has 9 heteroatoms. The molecular weight excluding hydrogens is 512 g/mol. The number of rotatable bonds is 11. The fourth-order valence-electron chi connectivity index (χ4n) is 4.93. The lowest BCUT2D eigenvalue weighted by Gasteiger charge is -2.30. The van der Waals surface area contributed by atoms with Gasteiger partial charge in [0, 0.05) is 30.7 Å². The summed E-state index contributed by atoms with van der Waals surface area (Å²) in [4.78, 5) is 59.6. The Labute approximate surface area is 235 Å². The lowest BCUT2D eigenvalue weighted by molar-refractivity contribution is -0.146. The van der Waals surface area contributed by atoms with Gasteiger partial charge < -0.3 is 16.0 Å². The Morgan fingerprint density at radius 1 is 1.15 bits per heavy atom. The van der Waals surface area contributed by atoms with Gasteiger partial charge in [-0.25, -0.2) is 4.98 Å². The molecule has 0 bridgehead atoms. The quantitative estimate of drug-likeness (QED) is 0.311. The van der Waals surface area contributed by atoms with Crippen LogP contribution in [0.3, 0.4) is 0 Å². The van der Waals surface area contributed by atoms with Crippen LogP contribution < -0.4 is 11.1 Å². The number of hydrogen-bond acceptors (Lipinski definition) is 7. The minimum atomic E-state index is -0.905. The Kier molecular flexibility index (Phi) is 10.2. The molecule has 0 saturated carbocycles. The molecule has 1 aliphatic heterocycles. The maximum atomic E-state index is 13.6. The Balaban J connectivity index is 1.84. The van der Waals surface area contributed by atoms with Crippen molar-refractivity contribution in [2.75, 3.05) is 6.54 Å². The summed E-state index contributed by atoms with van der Waals surface area (Å²) in [5.74, 6) is -2.31. The number of nitrogens with two attached hydrogens (primary N) is 1. The van der Waals surface area contributed by atoms with E-state index >= 15 is 0 Å². The third-order valence-corrected chi connectivity index (χ3v) is 8.11. The van der Waals surface area contributed by atoms with Crippen molar-refractivity contribution >= 4 is 34.7 Å². The van der Waals surface area contributed by atoms with Crippen LogP contribution in [-0.4, -0.2) is 45.9 Å². The molecule has 1 fully saturated rings. The van der Waals surface area contributed by atoms with Crippen molar-refractivity contribution in [3.05, 3.63) is 52.8 Å². The van der Waals surface area contributed by atoms with Gasteiger partial charge in [-0.1, -0.05) is 52.0 Å². The minimum Gasteiger partial charge on any atom is -0.402 e. The van der Waals surface area contributed by atoms with E-state index in [0.29, 0.717) is 25.1 Å². The van der Waals surface area contributed by atoms with E-state index in [1.807, 2.05) is 64.4 Å². The summed E-state index contributed by atoms with van der Waals surface area (Å²) in [6, 6.07) is 6.58. The number of aryl methyl sites for hydroxylation is 1. The van der Waals surface area contributed by atoms with Crippen LogP contribution in [0.5, 0.6) is 0 Å². The van der Waals surface area contributed by atoms with Gasteiger partial charge in [-0.15, -0.1) is 11.3 Å². The maximum Gasteiger partial charge on any atom is 0.243 e. The molecule has 3 atom stereocenters. The summed E-state index contributed by atoms with van der Waals surface area (Å²) in [5.41, 5.74) is 10.6. The van der Waals surface area contributed by atoms with Crippen molar-refractivity contribution < 1.29 is 19.2 Å². The topological polar surface area (TPSA) is 122 Å². The highest BCUT2D eigenvalue weighted by molar-refractivity contribution is 7.13. The molecule has 210 valence electrons. The summed E-state index contributed by atoms with van der Waals surface area (Å²) >= 11 is 1.56. The first-order valence-corrected chi connectivity index (χ1v) is 14.4. The predicted molar refractivity (Wildman–Crippen MR) is 154 cm³/mol. The van der Waals surface area contributed by atoms with E-state index in [4.69, 9.17) is 5.73 Å². The number of Topliss-reactive ketones (excluding diaryl/α,β-unsaturated/α-hetero) is 1. The SMILES string of the molecule is CC(N)=CC(=O)[C@H](C(=O)N1CCC[C@H]1C(=O)NC(CC(=O)C(C)C)c1ccc(-c2scnc2C)cc1)C(C)C. The van der Waals surface area contributed by atoms with E-state index < -0.39 is 18.0 Å². The van der Waals surface area contributed by atoms with E-state index in [2.05, 4.69) is 10.3 Å². The standard InChI is InChI=1S/C30H40N4O4S/c1-17(2)25(35)15-23(21-9-11-22(12-10-21)28-20(6)32-16-39-28)33-29(37)24-8-7-13-34(24)30(38)27(18(3)4)26(36)14-19(5)31/h9-12,14,16-18,23-24,27H,7-8,13,15,31H2,1-6H3,(H,33,37)/t23?,24-,27+/m0/s1. The molecule has 0 radical (unpaired) electrons. The van der Waals surface area contributed by atoms with Gasteiger partial charge in [0.1, 0.15) is 17.7 Å². The van der Waals surface area contributed by atoms with Crippen LogP contribution >= 0.6 is 11.3 Å². The van der Waals surface area contributed by atoms with Crippen LogP contribution in [0.1, 0.15) is 71.2 Å². The van der Waals surface area contributed by atoms with Gasteiger partial charge in [0.2, 0.25) is 11.8 Å². The average molecular weight is 553 g/mol. The number of thiazole rings is 1. The number of benzene rings is 1. The average Bonchev–Trinajstić information content (AvgIpc) is 3.52. The molecule has 3 N–H and O–H groups in total. The smallest absolute Gasteiger partial charge is 0.243 e. The first-order valence-electron chi connectivity index (χ1n) is 13.5. The van der Waals surface area contributed by atoms with Gasteiger partial charge in [-0.2, -0.15) is 0 Å². The molecule has 2 amide bonds. The second-order valence-corrected chi connectivity index (χ2v) is 11.8. The monoisotopic (exact) mass is 552 g/mol. The van der Waals surface area contributed by atoms with E-state index in [0.717, 1.165) is 21.7 Å². The number of likely N-dealkylation sites (tertiary alicyclic amines) is 1. The highest BCUT2D eigenvalue weighted by Gasteiger charge is 2.40. The number of ketones is 2. The van der Waals surface area contributed by atoms with Crippen molar-refractivity contribution in [3.8, 4) is 10.4 Å². The molecule has 0 spiro atoms. The highest BCUT2D eigenvalue weighted by atomic mass is 32.1. The van der Waals surface area contributed by atoms with Gasteiger partial charge in [-0.3, -0.25) is 19.2 Å². The Morgan fingerprint density at radius 3 is 2.36 bits per heavy atom. The van der Waals surface area contributed by atoms with E-state index in [-0.39, 0.29) is 41.6 Å². The number of nitrogens with zero attached hydrogens (tertiary/aromatic N) is 2. The van der Waals surface area contributed by atoms with Gasteiger partial charge in [-0.05, 0) is 43.7 Å². The van der Waals surface area contributed by atoms with Crippen LogP contribution in [0, 0.1) is 24.7 Å². The highest BCUT2D eigenvalue weighted by Crippen LogP contribution is 2.30. The van der Waals surface area contributed by atoms with Crippen molar-refractivity contribution in [3.63, 3.8) is 0 Å². The number of nitrogens with one attached hydrogen (secondary N) is 1. The van der Waals surface area contributed by atoms with E-state index in [1.54, 1.807) is 18.3 Å². The third-order valence-electron chi connectivity index (χ3n) is 7.13. The van der Waals surface area contributed by atoms with E-state index in [1.165, 1.54) is 11.0 Å². The molecule has 1 aliphatic rings. The fourth-order valence-corrected chi connectivity index (χ4v) is 5.75. The largest absolute Gasteiger partial charge is 0.402 e. The predicted octanol–water partition coefficient (Wildman–Crippen LogP) is 4.59. The summed E-state index contributed by atoms with van der Waals surface area (Å²) in [6.45, 7) is 11.3. The Bertz CT molecular complexity index is 1230. The summed E-state index contributed by atoms with van der Waals surface area (Å²) in [6.07, 6.45) is 2.60. The molecular formula is C30H40N4O4S. The Hall–Kier alpha value is -3.33. The molecule has 3 rings (SSSR count). The van der Waals surface area contributed by atoms with Gasteiger partial charge in [0.25, 0.3) is 0 Å². The zero-order valence-corrected chi connectivity index (χ0v) is 24.5. The van der Waals surface area contributed by atoms with Crippen LogP contribution in [0.2, 0.25) is 0 Å². The summed E-state index contributed by atoms with van der Waals surface area (Å²) in [7, 11) is 0. The number of carbonyl (C=O) groups is 4. The third kappa shape index (κ3) is 7.41. The second-order valence-electron chi connectivity index (χ2n) is 11.0. The molecule has 2 aromatic rings. The first-order chi connectivity index (χ1) is 18.4. The van der Waals surface area contributed by atoms with Crippen LogP contribution in [0.15, 0.2) is 41.5 Å². The van der Waals surface area contributed by atoms with Crippen LogP contribution in [0.4, 0.5) is 0 Å². The normalized spacial score (nSPS) is 17.4. The maximum absolute atomic E-state index is 13.6. The molecule has 1 saturated heterocycles. The molecule has 1 unspecified atom stereocenters. The fraction of sp³-hybridized carbons (Fsp3) is 0.500. The molecule has 8 nitrogen and oxygen atoms in total. The lowest BCUT2D eigenvalue weighted by Crippen LogP contribution is -2.50. The number of aromatic nitrogens is 1. The number of allylic oxidation sites excluding steroid dienone is 2. The van der Waals surface area contributed by atoms with Crippen molar-refractivity contribution in [1.29, 1.82) is 0 Å². The Morgan fingerprint density at radius 2 is 1.82 bits per heavy atom. The minimum absolute atomic E-state index is 0.0384. The molecule has 1 aromatic heterocycles. The summed E-state index contributed by atoms with van der Waals surface area (Å²) < 4.78 is 0. The second kappa shape index (κ2) is 13.2. The first kappa shape index (κ1) is 30.2. The molecule has 39 heavy (non-hydrogen) atoms. The molecule has 0 aliphatic carbocycles. The number of amides is 2. The van der Waals surface area contributed by atoms with Crippen molar-refractivity contribution in [1.82, 2.24) is 15.2 Å². The van der Waals surface area contributed by atoms with Crippen molar-refractivity contribution in [2.45, 2.75) is 72.9 Å². The van der Waals surface area contributed by atoms with Gasteiger partial charge in [0.05, 0.1) is 22.1 Å². The van der Waals surface area contributed by atoms with Crippen molar-refractivity contribution in [2.24, 2.45) is 23.5 Å². The summed E-state index contributed by atoms with van der Waals surface area (Å²) in [5, 5.41) is 3.06. The van der Waals surface area contributed by atoms with Crippen LogP contribution in [-0.2, 0) is 19.2 Å². The zero-order chi connectivity index (χ0) is 28.9. The zero-order valence-electron chi connectivity index (χ0n) is 23.7.